The molecule has 0 fully saturated rings. The molecule has 0 saturated heterocycles. The van der Waals surface area contributed by atoms with Crippen molar-refractivity contribution in [3.05, 3.63) is 64.2 Å². The maximum Gasteiger partial charge on any atom is 0.185 e. The van der Waals surface area contributed by atoms with Crippen molar-refractivity contribution in [3.63, 3.8) is 0 Å². The number of aryl methyl sites for hydroxylation is 1. The largest absolute Gasteiger partial charge is 0.292 e. The highest BCUT2D eigenvalue weighted by Crippen LogP contribution is 2.16. The third-order valence-electron chi connectivity index (χ3n) is 2.53. The number of benzene rings is 1. The van der Waals surface area contributed by atoms with Crippen LogP contribution in [-0.2, 0) is 6.42 Å². The number of nitrogens with zero attached hydrogens (tertiary/aromatic N) is 1. The Kier molecular flexibility index (Phi) is 3.72. The highest BCUT2D eigenvalue weighted by atomic mass is 35.5. The first kappa shape index (κ1) is 12.7. The number of carbonyl (C=O) groups is 1. The van der Waals surface area contributed by atoms with E-state index in [-0.39, 0.29) is 17.8 Å². The lowest BCUT2D eigenvalue weighted by atomic mass is 10.1. The molecule has 18 heavy (non-hydrogen) atoms. The van der Waals surface area contributed by atoms with E-state index in [9.17, 15) is 9.18 Å². The minimum absolute atomic E-state index is 0.0388. The average Bonchev–Trinajstić information content (AvgIpc) is 2.34. The number of pyridine rings is 1. The van der Waals surface area contributed by atoms with Gasteiger partial charge < -0.3 is 0 Å². The van der Waals surface area contributed by atoms with Crippen LogP contribution in [0.3, 0.4) is 0 Å². The standard InChI is InChI=1S/C14H11ClFNO/c1-9-3-2-4-13(17-9)14(18)8-10-7-11(15)5-6-12(10)16/h2-7H,8H2,1H3. The van der Waals surface area contributed by atoms with E-state index in [4.69, 9.17) is 11.6 Å². The summed E-state index contributed by atoms with van der Waals surface area (Å²) in [5.74, 6) is -0.653. The van der Waals surface area contributed by atoms with E-state index in [0.29, 0.717) is 10.7 Å². The van der Waals surface area contributed by atoms with Gasteiger partial charge in [-0.2, -0.15) is 0 Å². The number of ketones is 1. The lowest BCUT2D eigenvalue weighted by molar-refractivity contribution is 0.0987. The summed E-state index contributed by atoms with van der Waals surface area (Å²) in [5, 5.41) is 0.413. The molecular weight excluding hydrogens is 253 g/mol. The quantitative estimate of drug-likeness (QED) is 0.792. The van der Waals surface area contributed by atoms with Gasteiger partial charge in [-0.3, -0.25) is 9.78 Å². The Morgan fingerprint density at radius 1 is 1.33 bits per heavy atom. The minimum atomic E-state index is -0.430. The maximum atomic E-state index is 13.5. The summed E-state index contributed by atoms with van der Waals surface area (Å²) < 4.78 is 13.5. The van der Waals surface area contributed by atoms with E-state index in [0.717, 1.165) is 5.69 Å². The number of halogens is 2. The van der Waals surface area contributed by atoms with Crippen LogP contribution >= 0.6 is 11.6 Å². The van der Waals surface area contributed by atoms with Gasteiger partial charge in [0, 0.05) is 17.1 Å². The van der Waals surface area contributed by atoms with Gasteiger partial charge >= 0.3 is 0 Å². The van der Waals surface area contributed by atoms with Crippen LogP contribution in [0.1, 0.15) is 21.7 Å². The molecule has 0 radical (unpaired) electrons. The summed E-state index contributed by atoms with van der Waals surface area (Å²) in [5.41, 5.74) is 1.39. The fourth-order valence-electron chi connectivity index (χ4n) is 1.64. The van der Waals surface area contributed by atoms with Crippen molar-refractivity contribution in [3.8, 4) is 0 Å². The molecule has 0 unspecified atom stereocenters. The Labute approximate surface area is 109 Å². The number of rotatable bonds is 3. The highest BCUT2D eigenvalue weighted by Gasteiger charge is 2.12. The summed E-state index contributed by atoms with van der Waals surface area (Å²) in [4.78, 5) is 16.1. The van der Waals surface area contributed by atoms with Crippen LogP contribution in [-0.4, -0.2) is 10.8 Å². The SMILES string of the molecule is Cc1cccc(C(=O)Cc2cc(Cl)ccc2F)n1. The van der Waals surface area contributed by atoms with Crippen LogP contribution < -0.4 is 0 Å². The molecule has 0 aliphatic carbocycles. The minimum Gasteiger partial charge on any atom is -0.292 e. The molecule has 1 aromatic heterocycles. The van der Waals surface area contributed by atoms with Gasteiger partial charge in [0.25, 0.3) is 0 Å². The third-order valence-corrected chi connectivity index (χ3v) is 2.77. The van der Waals surface area contributed by atoms with Crippen LogP contribution in [0.25, 0.3) is 0 Å². The predicted molar refractivity (Wildman–Crippen MR) is 68.4 cm³/mol. The molecule has 92 valence electrons. The van der Waals surface area contributed by atoms with Gasteiger partial charge in [0.15, 0.2) is 5.78 Å². The Bertz CT molecular complexity index is 598. The van der Waals surface area contributed by atoms with Gasteiger partial charge in [-0.25, -0.2) is 4.39 Å². The molecule has 0 atom stereocenters. The second kappa shape index (κ2) is 5.27. The summed E-state index contributed by atoms with van der Waals surface area (Å²) in [6.07, 6.45) is -0.0388. The first-order valence-corrected chi connectivity index (χ1v) is 5.85. The summed E-state index contributed by atoms with van der Waals surface area (Å²) in [6.45, 7) is 1.80. The van der Waals surface area contributed by atoms with Gasteiger partial charge in [0.05, 0.1) is 0 Å². The molecule has 2 nitrogen and oxygen atoms in total. The number of carbonyl (C=O) groups excluding carboxylic acids is 1. The molecular formula is C14H11ClFNO. The first-order valence-electron chi connectivity index (χ1n) is 5.47. The Morgan fingerprint density at radius 3 is 2.83 bits per heavy atom. The van der Waals surface area contributed by atoms with Crippen molar-refractivity contribution in [1.29, 1.82) is 0 Å². The smallest absolute Gasteiger partial charge is 0.185 e. The topological polar surface area (TPSA) is 30.0 Å². The van der Waals surface area contributed by atoms with Crippen molar-refractivity contribution in [2.75, 3.05) is 0 Å². The van der Waals surface area contributed by atoms with Gasteiger partial charge in [0.2, 0.25) is 0 Å². The average molecular weight is 264 g/mol. The van der Waals surface area contributed by atoms with Crippen LogP contribution in [0, 0.1) is 12.7 Å². The van der Waals surface area contributed by atoms with Crippen molar-refractivity contribution >= 4 is 17.4 Å². The second-order valence-electron chi connectivity index (χ2n) is 4.00. The molecule has 0 bridgehead atoms. The molecule has 0 spiro atoms. The Hall–Kier alpha value is -1.74. The van der Waals surface area contributed by atoms with Crippen molar-refractivity contribution in [2.45, 2.75) is 13.3 Å². The molecule has 2 rings (SSSR count). The van der Waals surface area contributed by atoms with Crippen LogP contribution in [0.15, 0.2) is 36.4 Å². The van der Waals surface area contributed by atoms with E-state index < -0.39 is 5.82 Å². The van der Waals surface area contributed by atoms with Crippen LogP contribution in [0.2, 0.25) is 5.02 Å². The van der Waals surface area contributed by atoms with Crippen molar-refractivity contribution < 1.29 is 9.18 Å². The number of hydrogen-bond acceptors (Lipinski definition) is 2. The zero-order valence-electron chi connectivity index (χ0n) is 9.78. The first-order chi connectivity index (χ1) is 8.56. The van der Waals surface area contributed by atoms with E-state index in [1.807, 2.05) is 0 Å². The van der Waals surface area contributed by atoms with Crippen LogP contribution in [0.4, 0.5) is 4.39 Å². The fraction of sp³-hybridized carbons (Fsp3) is 0.143. The lowest BCUT2D eigenvalue weighted by Crippen LogP contribution is -2.07. The Morgan fingerprint density at radius 2 is 2.11 bits per heavy atom. The molecule has 2 aromatic rings. The van der Waals surface area contributed by atoms with Gasteiger partial charge in [-0.15, -0.1) is 0 Å². The molecule has 0 aliphatic heterocycles. The Balaban J connectivity index is 2.24. The van der Waals surface area contributed by atoms with Gasteiger partial charge in [-0.1, -0.05) is 17.7 Å². The van der Waals surface area contributed by atoms with Gasteiger partial charge in [0.1, 0.15) is 11.5 Å². The number of aromatic nitrogens is 1. The molecule has 4 heteroatoms. The predicted octanol–water partition coefficient (Wildman–Crippen LogP) is 3.61. The second-order valence-corrected chi connectivity index (χ2v) is 4.44. The van der Waals surface area contributed by atoms with E-state index in [1.54, 1.807) is 25.1 Å². The monoisotopic (exact) mass is 263 g/mol. The van der Waals surface area contributed by atoms with Crippen molar-refractivity contribution in [2.24, 2.45) is 0 Å². The molecule has 0 saturated carbocycles. The fourth-order valence-corrected chi connectivity index (χ4v) is 1.84. The number of Topliss-reactive ketones (excluding diaryl/α,β-unsaturated/α-hetero) is 1. The van der Waals surface area contributed by atoms with E-state index in [1.165, 1.54) is 18.2 Å². The van der Waals surface area contributed by atoms with E-state index >= 15 is 0 Å². The van der Waals surface area contributed by atoms with Crippen LogP contribution in [0.5, 0.6) is 0 Å². The third kappa shape index (κ3) is 2.93. The molecule has 1 heterocycles. The summed E-state index contributed by atoms with van der Waals surface area (Å²) >= 11 is 5.78. The normalized spacial score (nSPS) is 10.4. The van der Waals surface area contributed by atoms with E-state index in [2.05, 4.69) is 4.98 Å². The highest BCUT2D eigenvalue weighted by molar-refractivity contribution is 6.30. The summed E-state index contributed by atoms with van der Waals surface area (Å²) in [6, 6.07) is 9.35. The summed E-state index contributed by atoms with van der Waals surface area (Å²) in [7, 11) is 0. The van der Waals surface area contributed by atoms with Gasteiger partial charge in [-0.05, 0) is 42.8 Å². The molecule has 0 amide bonds. The number of hydrogen-bond donors (Lipinski definition) is 0. The molecule has 0 aliphatic rings. The zero-order valence-corrected chi connectivity index (χ0v) is 10.5. The molecule has 1 aromatic carbocycles. The molecule has 0 N–H and O–H groups in total. The zero-order chi connectivity index (χ0) is 13.1. The maximum absolute atomic E-state index is 13.5. The van der Waals surface area contributed by atoms with Crippen molar-refractivity contribution in [1.82, 2.24) is 4.98 Å². The lowest BCUT2D eigenvalue weighted by Gasteiger charge is -2.04.